The number of hydrogen-bond donors (Lipinski definition) is 2. The number of sulfonamides is 1. The lowest BCUT2D eigenvalue weighted by molar-refractivity contribution is -0.141. The van der Waals surface area contributed by atoms with E-state index < -0.39 is 16.0 Å². The van der Waals surface area contributed by atoms with E-state index in [4.69, 9.17) is 0 Å². The molecule has 0 radical (unpaired) electrons. The van der Waals surface area contributed by atoms with Crippen LogP contribution in [0.25, 0.3) is 0 Å². The van der Waals surface area contributed by atoms with Crippen molar-refractivity contribution in [3.8, 4) is 0 Å². The number of nitrogens with one attached hydrogen (secondary N) is 2. The molecule has 0 atom stereocenters. The van der Waals surface area contributed by atoms with Crippen molar-refractivity contribution in [2.24, 2.45) is 0 Å². The predicted octanol–water partition coefficient (Wildman–Crippen LogP) is 0.185. The van der Waals surface area contributed by atoms with Crippen LogP contribution in [0, 0.1) is 0 Å². The summed E-state index contributed by atoms with van der Waals surface area (Å²) in [7, 11) is -2.38. The van der Waals surface area contributed by atoms with Gasteiger partial charge in [0.15, 0.2) is 0 Å². The monoisotopic (exact) mass is 284 g/mol. The first-order chi connectivity index (χ1) is 9.01. The number of aromatic amines is 1. The molecule has 0 aromatic carbocycles. The summed E-state index contributed by atoms with van der Waals surface area (Å²) in [6.07, 6.45) is 5.59. The molecule has 0 aliphatic carbocycles. The molecule has 0 saturated heterocycles. The number of ether oxygens (including phenoxy) is 1. The van der Waals surface area contributed by atoms with Gasteiger partial charge in [-0.05, 0) is 6.07 Å². The Morgan fingerprint density at radius 1 is 1.58 bits per heavy atom. The molecule has 8 nitrogen and oxygen atoms in total. The van der Waals surface area contributed by atoms with Gasteiger partial charge in [-0.2, -0.15) is 5.10 Å². The van der Waals surface area contributed by atoms with Gasteiger partial charge >= 0.3 is 5.97 Å². The van der Waals surface area contributed by atoms with Gasteiger partial charge in [0.1, 0.15) is 11.4 Å². The van der Waals surface area contributed by atoms with Crippen LogP contribution in [0.15, 0.2) is 35.7 Å². The van der Waals surface area contributed by atoms with Crippen LogP contribution in [0.4, 0.5) is 5.69 Å². The molecule has 0 fully saturated rings. The topological polar surface area (TPSA) is 106 Å². The van der Waals surface area contributed by atoms with E-state index in [-0.39, 0.29) is 17.1 Å². The van der Waals surface area contributed by atoms with Crippen molar-refractivity contribution < 1.29 is 17.9 Å². The number of carbonyl (C=O) groups is 1. The molecule has 0 aliphatic heterocycles. The molecule has 2 N–H and O–H groups in total. The Morgan fingerprint density at radius 3 is 3.00 bits per heavy atom. The van der Waals surface area contributed by atoms with Crippen molar-refractivity contribution in [2.45, 2.75) is 11.4 Å². The van der Waals surface area contributed by atoms with Crippen molar-refractivity contribution in [2.75, 3.05) is 11.8 Å². The normalized spacial score (nSPS) is 11.2. The molecular formula is C10H12N4O4S. The maximum Gasteiger partial charge on any atom is 0.327 e. The summed E-state index contributed by atoms with van der Waals surface area (Å²) in [6, 6.07) is 1.43. The Bertz CT molecular complexity index is 660. The third-order valence-corrected chi connectivity index (χ3v) is 3.66. The maximum absolute atomic E-state index is 11.9. The van der Waals surface area contributed by atoms with Gasteiger partial charge in [0.05, 0.1) is 19.0 Å². The zero-order valence-corrected chi connectivity index (χ0v) is 10.8. The summed E-state index contributed by atoms with van der Waals surface area (Å²) < 4.78 is 31.9. The Labute approximate surface area is 109 Å². The highest BCUT2D eigenvalue weighted by Gasteiger charge is 2.15. The number of nitrogens with zero attached hydrogens (tertiary/aromatic N) is 2. The highest BCUT2D eigenvalue weighted by atomic mass is 32.2. The minimum atomic E-state index is -3.64. The fourth-order valence-electron chi connectivity index (χ4n) is 1.39. The second-order valence-corrected chi connectivity index (χ2v) is 5.34. The van der Waals surface area contributed by atoms with E-state index in [1.807, 2.05) is 0 Å². The third-order valence-electron chi connectivity index (χ3n) is 2.28. The number of aromatic nitrogens is 3. The highest BCUT2D eigenvalue weighted by molar-refractivity contribution is 7.92. The predicted molar refractivity (Wildman–Crippen MR) is 65.8 cm³/mol. The Kier molecular flexibility index (Phi) is 3.56. The lowest BCUT2D eigenvalue weighted by atomic mass is 10.6. The smallest absolute Gasteiger partial charge is 0.327 e. The molecule has 0 saturated carbocycles. The molecular weight excluding hydrogens is 272 g/mol. The number of rotatable bonds is 5. The van der Waals surface area contributed by atoms with Crippen LogP contribution in [-0.4, -0.2) is 36.3 Å². The first-order valence-electron chi connectivity index (χ1n) is 5.26. The van der Waals surface area contributed by atoms with E-state index >= 15 is 0 Å². The summed E-state index contributed by atoms with van der Waals surface area (Å²) in [6.45, 7) is -0.0810. The number of esters is 1. The van der Waals surface area contributed by atoms with Gasteiger partial charge in [0.2, 0.25) is 0 Å². The largest absolute Gasteiger partial charge is 0.468 e. The molecule has 0 amide bonds. The minimum Gasteiger partial charge on any atom is -0.468 e. The molecule has 0 spiro atoms. The van der Waals surface area contributed by atoms with Crippen molar-refractivity contribution in [3.63, 3.8) is 0 Å². The second-order valence-electron chi connectivity index (χ2n) is 3.65. The summed E-state index contributed by atoms with van der Waals surface area (Å²) in [5, 5.41) is 3.85. The van der Waals surface area contributed by atoms with E-state index in [2.05, 4.69) is 19.5 Å². The third kappa shape index (κ3) is 3.13. The van der Waals surface area contributed by atoms with Gasteiger partial charge in [0, 0.05) is 18.6 Å². The number of H-pyrrole nitrogens is 1. The number of anilines is 1. The quantitative estimate of drug-likeness (QED) is 0.762. The van der Waals surface area contributed by atoms with Crippen LogP contribution in [0.1, 0.15) is 0 Å². The number of hydrogen-bond acceptors (Lipinski definition) is 5. The van der Waals surface area contributed by atoms with E-state index in [1.165, 1.54) is 42.6 Å². The number of carbonyl (C=O) groups excluding carboxylic acids is 1. The molecule has 0 bridgehead atoms. The average molecular weight is 284 g/mol. The average Bonchev–Trinajstić information content (AvgIpc) is 3.00. The van der Waals surface area contributed by atoms with Crippen LogP contribution >= 0.6 is 0 Å². The molecule has 102 valence electrons. The molecule has 2 aromatic heterocycles. The Hall–Kier alpha value is -2.29. The van der Waals surface area contributed by atoms with Gasteiger partial charge in [-0.3, -0.25) is 14.2 Å². The Balaban J connectivity index is 2.10. The number of methoxy groups -OCH3 is 1. The minimum absolute atomic E-state index is 0.0810. The first kappa shape index (κ1) is 13.1. The van der Waals surface area contributed by atoms with Crippen LogP contribution in [-0.2, 0) is 26.1 Å². The van der Waals surface area contributed by atoms with E-state index in [9.17, 15) is 13.2 Å². The van der Waals surface area contributed by atoms with Crippen molar-refractivity contribution in [3.05, 3.63) is 30.9 Å². The van der Waals surface area contributed by atoms with E-state index in [0.29, 0.717) is 0 Å². The van der Waals surface area contributed by atoms with Crippen LogP contribution in [0.3, 0.4) is 0 Å². The lowest BCUT2D eigenvalue weighted by Crippen LogP contribution is -2.13. The molecule has 9 heteroatoms. The molecule has 0 aliphatic rings. The van der Waals surface area contributed by atoms with Crippen LogP contribution in [0.2, 0.25) is 0 Å². The summed E-state index contributed by atoms with van der Waals surface area (Å²) in [5.74, 6) is -0.469. The second kappa shape index (κ2) is 5.14. The van der Waals surface area contributed by atoms with Gasteiger partial charge in [-0.1, -0.05) is 0 Å². The van der Waals surface area contributed by atoms with Crippen LogP contribution in [0.5, 0.6) is 0 Å². The molecule has 2 rings (SSSR count). The zero-order valence-electron chi connectivity index (χ0n) is 10.0. The lowest BCUT2D eigenvalue weighted by Gasteiger charge is -2.02. The van der Waals surface area contributed by atoms with Crippen molar-refractivity contribution >= 4 is 21.7 Å². The highest BCUT2D eigenvalue weighted by Crippen LogP contribution is 2.14. The summed E-state index contributed by atoms with van der Waals surface area (Å²) in [4.78, 5) is 13.8. The van der Waals surface area contributed by atoms with Gasteiger partial charge in [-0.15, -0.1) is 0 Å². The summed E-state index contributed by atoms with van der Waals surface area (Å²) >= 11 is 0. The van der Waals surface area contributed by atoms with E-state index in [0.717, 1.165) is 0 Å². The van der Waals surface area contributed by atoms with Crippen molar-refractivity contribution in [1.82, 2.24) is 14.8 Å². The van der Waals surface area contributed by atoms with Gasteiger partial charge in [0.25, 0.3) is 10.0 Å². The summed E-state index contributed by atoms with van der Waals surface area (Å²) in [5.41, 5.74) is 0.269. The first-order valence-corrected chi connectivity index (χ1v) is 6.74. The zero-order chi connectivity index (χ0) is 13.9. The fourth-order valence-corrected chi connectivity index (χ4v) is 2.39. The molecule has 0 unspecified atom stereocenters. The molecule has 2 aromatic rings. The molecule has 2 heterocycles. The van der Waals surface area contributed by atoms with Gasteiger partial charge < -0.3 is 9.72 Å². The maximum atomic E-state index is 11.9. The standard InChI is InChI=1S/C10H12N4O4S/c1-18-10(15)7-14-6-8(4-12-14)13-19(16,17)9-2-3-11-5-9/h2-6,11,13H,7H2,1H3. The molecule has 19 heavy (non-hydrogen) atoms. The SMILES string of the molecule is COC(=O)Cn1cc(NS(=O)(=O)c2cc[nH]c2)cn1. The van der Waals surface area contributed by atoms with Crippen molar-refractivity contribution in [1.29, 1.82) is 0 Å². The Morgan fingerprint density at radius 2 is 2.37 bits per heavy atom. The van der Waals surface area contributed by atoms with Gasteiger partial charge in [-0.25, -0.2) is 8.42 Å². The van der Waals surface area contributed by atoms with E-state index in [1.54, 1.807) is 0 Å². The van der Waals surface area contributed by atoms with Crippen LogP contribution < -0.4 is 4.72 Å². The fraction of sp³-hybridized carbons (Fsp3) is 0.200.